The zero-order valence-corrected chi connectivity index (χ0v) is 22.0. The summed E-state index contributed by atoms with van der Waals surface area (Å²) in [7, 11) is 0. The topological polar surface area (TPSA) is 62.2 Å². The molecule has 0 aromatic heterocycles. The lowest BCUT2D eigenvalue weighted by molar-refractivity contribution is 0.0620. The van der Waals surface area contributed by atoms with Gasteiger partial charge >= 0.3 is 0 Å². The standard InChI is InChI=1S/C30H42N2O4/c1-23(2)10-12-31-13-14-35-15-16-36-29-9-8-27(30(34)32-11-4-7-26(21-32)22-33)19-28(29)18-24-5-3-6-25(17-24)20-31/h3,5-6,8-9,17,19,23,26,33H,4,7,10-16,18,20-22H2,1-2H3. The largest absolute Gasteiger partial charge is 0.491 e. The van der Waals surface area contributed by atoms with Gasteiger partial charge in [-0.25, -0.2) is 0 Å². The maximum absolute atomic E-state index is 13.3. The zero-order chi connectivity index (χ0) is 25.3. The number of aliphatic hydroxyl groups excluding tert-OH is 1. The van der Waals surface area contributed by atoms with Crippen LogP contribution in [0.4, 0.5) is 0 Å². The normalized spacial score (nSPS) is 19.9. The lowest BCUT2D eigenvalue weighted by Crippen LogP contribution is -2.41. The minimum atomic E-state index is 0.0354. The number of carbonyl (C=O) groups is 1. The highest BCUT2D eigenvalue weighted by atomic mass is 16.5. The molecule has 6 heteroatoms. The third kappa shape index (κ3) is 7.55. The van der Waals surface area contributed by atoms with E-state index in [-0.39, 0.29) is 18.4 Å². The molecule has 2 heterocycles. The summed E-state index contributed by atoms with van der Waals surface area (Å²) in [6.45, 7) is 10.6. The van der Waals surface area contributed by atoms with Crippen molar-refractivity contribution in [1.29, 1.82) is 0 Å². The maximum Gasteiger partial charge on any atom is 0.253 e. The Kier molecular flexibility index (Phi) is 9.79. The number of hydrogen-bond donors (Lipinski definition) is 1. The predicted octanol–water partition coefficient (Wildman–Crippen LogP) is 4.38. The highest BCUT2D eigenvalue weighted by molar-refractivity contribution is 5.94. The van der Waals surface area contributed by atoms with Gasteiger partial charge in [0.2, 0.25) is 0 Å². The fraction of sp³-hybridized carbons (Fsp3) is 0.567. The second kappa shape index (κ2) is 13.2. The number of hydrogen-bond acceptors (Lipinski definition) is 5. The maximum atomic E-state index is 13.3. The fourth-order valence-electron chi connectivity index (χ4n) is 5.11. The summed E-state index contributed by atoms with van der Waals surface area (Å²) >= 11 is 0. The van der Waals surface area contributed by atoms with E-state index in [9.17, 15) is 9.90 Å². The molecule has 196 valence electrons. The Labute approximate surface area is 216 Å². The molecule has 1 saturated heterocycles. The first-order valence-corrected chi connectivity index (χ1v) is 13.6. The van der Waals surface area contributed by atoms with Crippen LogP contribution in [0.3, 0.4) is 0 Å². The van der Waals surface area contributed by atoms with Crippen LogP contribution in [0.1, 0.15) is 60.2 Å². The Hall–Kier alpha value is -2.41. The lowest BCUT2D eigenvalue weighted by Gasteiger charge is -2.32. The average Bonchev–Trinajstić information content (AvgIpc) is 2.89. The van der Waals surface area contributed by atoms with Gasteiger partial charge in [-0.2, -0.15) is 0 Å². The highest BCUT2D eigenvalue weighted by Crippen LogP contribution is 2.26. The molecule has 1 atom stereocenters. The van der Waals surface area contributed by atoms with Crippen LogP contribution in [0.2, 0.25) is 0 Å². The first-order chi connectivity index (χ1) is 17.5. The van der Waals surface area contributed by atoms with Crippen molar-refractivity contribution in [3.05, 3.63) is 64.7 Å². The Morgan fingerprint density at radius 3 is 2.78 bits per heavy atom. The molecule has 36 heavy (non-hydrogen) atoms. The predicted molar refractivity (Wildman–Crippen MR) is 142 cm³/mol. The Bertz CT molecular complexity index is 993. The minimum absolute atomic E-state index is 0.0354. The van der Waals surface area contributed by atoms with Gasteiger partial charge in [0.15, 0.2) is 0 Å². The molecular weight excluding hydrogens is 452 g/mol. The summed E-state index contributed by atoms with van der Waals surface area (Å²) in [6, 6.07) is 14.6. The van der Waals surface area contributed by atoms with E-state index >= 15 is 0 Å². The van der Waals surface area contributed by atoms with E-state index in [4.69, 9.17) is 9.47 Å². The summed E-state index contributed by atoms with van der Waals surface area (Å²) in [5, 5.41) is 9.58. The van der Waals surface area contributed by atoms with Gasteiger partial charge in [-0.1, -0.05) is 38.1 Å². The van der Waals surface area contributed by atoms with Gasteiger partial charge in [0, 0.05) is 44.8 Å². The molecule has 0 radical (unpaired) electrons. The summed E-state index contributed by atoms with van der Waals surface area (Å²) in [5.41, 5.74) is 4.22. The minimum Gasteiger partial charge on any atom is -0.491 e. The molecule has 1 amide bonds. The average molecular weight is 495 g/mol. The van der Waals surface area contributed by atoms with Gasteiger partial charge in [0.1, 0.15) is 12.4 Å². The smallest absolute Gasteiger partial charge is 0.253 e. The summed E-state index contributed by atoms with van der Waals surface area (Å²) in [6.07, 6.45) is 3.79. The number of fused-ring (bicyclic) bond motifs is 3. The van der Waals surface area contributed by atoms with Crippen LogP contribution in [0.25, 0.3) is 0 Å². The zero-order valence-electron chi connectivity index (χ0n) is 22.0. The van der Waals surface area contributed by atoms with E-state index < -0.39 is 0 Å². The van der Waals surface area contributed by atoms with Crippen LogP contribution < -0.4 is 4.74 Å². The lowest BCUT2D eigenvalue weighted by atomic mass is 9.97. The van der Waals surface area contributed by atoms with Crippen molar-refractivity contribution in [2.45, 2.75) is 46.1 Å². The Morgan fingerprint density at radius 1 is 1.08 bits per heavy atom. The molecule has 2 aliphatic rings. The van der Waals surface area contributed by atoms with Crippen LogP contribution in [-0.4, -0.2) is 73.4 Å². The van der Waals surface area contributed by atoms with Gasteiger partial charge in [-0.15, -0.1) is 0 Å². The van der Waals surface area contributed by atoms with Crippen molar-refractivity contribution in [1.82, 2.24) is 9.80 Å². The molecule has 1 N–H and O–H groups in total. The second-order valence-electron chi connectivity index (χ2n) is 10.7. The van der Waals surface area contributed by atoms with Gasteiger partial charge in [0.25, 0.3) is 5.91 Å². The molecule has 2 aliphatic heterocycles. The Morgan fingerprint density at radius 2 is 1.94 bits per heavy atom. The molecule has 2 aromatic carbocycles. The number of piperidine rings is 1. The van der Waals surface area contributed by atoms with Crippen molar-refractivity contribution in [3.63, 3.8) is 0 Å². The van der Waals surface area contributed by atoms with Crippen molar-refractivity contribution in [2.75, 3.05) is 52.6 Å². The number of rotatable bonds is 5. The number of nitrogens with zero attached hydrogens (tertiary/aromatic N) is 2. The fourth-order valence-corrected chi connectivity index (χ4v) is 5.11. The molecule has 0 saturated carbocycles. The van der Waals surface area contributed by atoms with E-state index in [2.05, 4.69) is 43.0 Å². The quantitative estimate of drug-likeness (QED) is 0.669. The molecule has 4 rings (SSSR count). The number of benzene rings is 2. The monoisotopic (exact) mass is 494 g/mol. The van der Waals surface area contributed by atoms with Crippen LogP contribution in [0.5, 0.6) is 5.75 Å². The van der Waals surface area contributed by atoms with Gasteiger partial charge in [-0.3, -0.25) is 9.69 Å². The van der Waals surface area contributed by atoms with Crippen molar-refractivity contribution >= 4 is 5.91 Å². The first kappa shape index (κ1) is 26.6. The van der Waals surface area contributed by atoms with E-state index in [0.717, 1.165) is 50.3 Å². The highest BCUT2D eigenvalue weighted by Gasteiger charge is 2.24. The van der Waals surface area contributed by atoms with Crippen LogP contribution in [0.15, 0.2) is 42.5 Å². The third-order valence-electron chi connectivity index (χ3n) is 7.22. The number of likely N-dealkylation sites (tertiary alicyclic amines) is 1. The Balaban J connectivity index is 1.56. The third-order valence-corrected chi connectivity index (χ3v) is 7.22. The molecule has 0 spiro atoms. The molecular formula is C30H42N2O4. The second-order valence-corrected chi connectivity index (χ2v) is 10.7. The molecule has 2 aromatic rings. The summed E-state index contributed by atoms with van der Waals surface area (Å²) in [5.74, 6) is 1.69. The van der Waals surface area contributed by atoms with E-state index in [1.807, 2.05) is 23.1 Å². The van der Waals surface area contributed by atoms with Gasteiger partial charge < -0.3 is 19.5 Å². The molecule has 1 unspecified atom stereocenters. The van der Waals surface area contributed by atoms with E-state index in [1.54, 1.807) is 0 Å². The number of ether oxygens (including phenoxy) is 2. The summed E-state index contributed by atoms with van der Waals surface area (Å²) < 4.78 is 12.0. The number of aliphatic hydroxyl groups is 1. The molecule has 2 bridgehead atoms. The first-order valence-electron chi connectivity index (χ1n) is 13.6. The van der Waals surface area contributed by atoms with Crippen molar-refractivity contribution in [3.8, 4) is 5.75 Å². The van der Waals surface area contributed by atoms with Gasteiger partial charge in [-0.05, 0) is 72.5 Å². The SMILES string of the molecule is CC(C)CCN1CCOCCOc2ccc(C(=O)N3CCCC(CO)C3)cc2Cc2cccc(c2)C1. The molecule has 6 nitrogen and oxygen atoms in total. The molecule has 1 fully saturated rings. The number of carbonyl (C=O) groups excluding carboxylic acids is 1. The van der Waals surface area contributed by atoms with Crippen LogP contribution in [-0.2, 0) is 17.7 Å². The number of amides is 1. The van der Waals surface area contributed by atoms with Crippen LogP contribution in [0, 0.1) is 11.8 Å². The molecule has 0 aliphatic carbocycles. The summed E-state index contributed by atoms with van der Waals surface area (Å²) in [4.78, 5) is 17.7. The van der Waals surface area contributed by atoms with Gasteiger partial charge in [0.05, 0.1) is 13.2 Å². The van der Waals surface area contributed by atoms with Crippen molar-refractivity contribution in [2.24, 2.45) is 11.8 Å². The van der Waals surface area contributed by atoms with E-state index in [0.29, 0.717) is 44.3 Å². The van der Waals surface area contributed by atoms with Crippen LogP contribution >= 0.6 is 0 Å². The van der Waals surface area contributed by atoms with Crippen molar-refractivity contribution < 1.29 is 19.4 Å². The van der Waals surface area contributed by atoms with E-state index in [1.165, 1.54) is 17.5 Å².